The Hall–Kier alpha value is -3.17. The van der Waals surface area contributed by atoms with Crippen molar-refractivity contribution in [3.63, 3.8) is 0 Å². The fourth-order valence-electron chi connectivity index (χ4n) is 2.88. The fraction of sp³-hybridized carbons (Fsp3) is 0.261. The molecule has 0 aliphatic rings. The first-order valence-corrected chi connectivity index (χ1v) is 12.3. The number of benzene rings is 2. The van der Waals surface area contributed by atoms with E-state index in [9.17, 15) is 18.0 Å². The van der Waals surface area contributed by atoms with Crippen molar-refractivity contribution in [3.05, 3.63) is 70.9 Å². The molecule has 3 aromatic rings. The van der Waals surface area contributed by atoms with Crippen molar-refractivity contribution in [2.75, 3.05) is 18.2 Å². The van der Waals surface area contributed by atoms with E-state index in [4.69, 9.17) is 16.3 Å². The number of carbonyl (C=O) groups excluding carboxylic acids is 2. The lowest BCUT2D eigenvalue weighted by Crippen LogP contribution is -2.22. The number of nitrogens with zero attached hydrogens (tertiary/aromatic N) is 2. The average molecular weight is 490 g/mol. The summed E-state index contributed by atoms with van der Waals surface area (Å²) in [5.41, 5.74) is 1.12. The topological polar surface area (TPSA) is 107 Å². The summed E-state index contributed by atoms with van der Waals surface area (Å²) < 4.78 is 30.2. The maximum atomic E-state index is 12.5. The van der Waals surface area contributed by atoms with Gasteiger partial charge in [0.05, 0.1) is 26.9 Å². The van der Waals surface area contributed by atoms with Gasteiger partial charge in [-0.25, -0.2) is 17.9 Å². The molecule has 0 saturated carbocycles. The van der Waals surface area contributed by atoms with Crippen LogP contribution in [0.5, 0.6) is 0 Å². The van der Waals surface area contributed by atoms with Crippen molar-refractivity contribution in [1.82, 2.24) is 9.78 Å². The molecule has 3 rings (SSSR count). The lowest BCUT2D eigenvalue weighted by molar-refractivity contribution is -0.119. The first-order chi connectivity index (χ1) is 15.4. The van der Waals surface area contributed by atoms with Gasteiger partial charge in [-0.15, -0.1) is 0 Å². The van der Waals surface area contributed by atoms with E-state index in [1.54, 1.807) is 10.7 Å². The normalized spacial score (nSPS) is 11.8. The van der Waals surface area contributed by atoms with Gasteiger partial charge in [0.1, 0.15) is 5.82 Å². The van der Waals surface area contributed by atoms with Gasteiger partial charge >= 0.3 is 5.97 Å². The number of esters is 1. The zero-order chi connectivity index (χ0) is 24.4. The molecule has 1 amide bonds. The quantitative estimate of drug-likeness (QED) is 0.524. The zero-order valence-corrected chi connectivity index (χ0v) is 20.2. The fourth-order valence-corrected chi connectivity index (χ4v) is 3.72. The Balaban J connectivity index is 1.77. The highest BCUT2D eigenvalue weighted by Gasteiger charge is 2.22. The van der Waals surface area contributed by atoms with Crippen molar-refractivity contribution < 1.29 is 22.7 Å². The summed E-state index contributed by atoms with van der Waals surface area (Å²) in [7, 11) is -3.54. The van der Waals surface area contributed by atoms with Crippen LogP contribution >= 0.6 is 11.6 Å². The molecule has 0 atom stereocenters. The van der Waals surface area contributed by atoms with Crippen LogP contribution in [0.15, 0.2) is 59.5 Å². The third-order valence-corrected chi connectivity index (χ3v) is 6.11. The van der Waals surface area contributed by atoms with Gasteiger partial charge < -0.3 is 10.1 Å². The summed E-state index contributed by atoms with van der Waals surface area (Å²) in [5, 5.41) is 7.34. The second kappa shape index (κ2) is 9.36. The molecule has 0 aliphatic heterocycles. The largest absolute Gasteiger partial charge is 0.452 e. The zero-order valence-electron chi connectivity index (χ0n) is 18.6. The summed E-state index contributed by atoms with van der Waals surface area (Å²) >= 11 is 6.01. The molecule has 1 N–H and O–H groups in total. The van der Waals surface area contributed by atoms with Crippen LogP contribution < -0.4 is 5.32 Å². The standard InChI is InChI=1S/C23H24ClN3O5S/c1-23(2,3)19-13-20(27(26-19)15-8-6-5-7-9-15)25-21(28)14-32-22(29)17-12-16(33(4,30)31)10-11-18(17)24/h5-13H,14H2,1-4H3,(H,25,28). The maximum Gasteiger partial charge on any atom is 0.340 e. The number of carbonyl (C=O) groups is 2. The third-order valence-electron chi connectivity index (χ3n) is 4.67. The minimum atomic E-state index is -3.54. The molecular weight excluding hydrogens is 466 g/mol. The minimum Gasteiger partial charge on any atom is -0.452 e. The van der Waals surface area contributed by atoms with Crippen LogP contribution in [0.1, 0.15) is 36.8 Å². The number of amides is 1. The number of rotatable bonds is 6. The average Bonchev–Trinajstić information content (AvgIpc) is 3.16. The summed E-state index contributed by atoms with van der Waals surface area (Å²) in [6.45, 7) is 5.42. The highest BCUT2D eigenvalue weighted by atomic mass is 35.5. The van der Waals surface area contributed by atoms with Gasteiger partial charge in [-0.05, 0) is 30.3 Å². The molecule has 174 valence electrons. The Morgan fingerprint density at radius 2 is 1.76 bits per heavy atom. The Kier molecular flexibility index (Phi) is 6.94. The van der Waals surface area contributed by atoms with Gasteiger partial charge in [-0.1, -0.05) is 50.6 Å². The highest BCUT2D eigenvalue weighted by molar-refractivity contribution is 7.90. The van der Waals surface area contributed by atoms with Gasteiger partial charge in [0.25, 0.3) is 5.91 Å². The first-order valence-electron chi connectivity index (χ1n) is 9.99. The molecule has 0 aliphatic carbocycles. The second-order valence-electron chi connectivity index (χ2n) is 8.45. The molecule has 2 aromatic carbocycles. The number of para-hydroxylation sites is 1. The van der Waals surface area contributed by atoms with Gasteiger partial charge in [0, 0.05) is 17.7 Å². The minimum absolute atomic E-state index is 0.0183. The first kappa shape index (κ1) is 24.5. The van der Waals surface area contributed by atoms with E-state index in [1.807, 2.05) is 51.1 Å². The van der Waals surface area contributed by atoms with Crippen LogP contribution in [0.4, 0.5) is 5.82 Å². The Morgan fingerprint density at radius 1 is 1.09 bits per heavy atom. The predicted molar refractivity (Wildman–Crippen MR) is 126 cm³/mol. The maximum absolute atomic E-state index is 12.5. The number of sulfone groups is 1. The molecular formula is C23H24ClN3O5S. The van der Waals surface area contributed by atoms with Gasteiger partial charge in [0.15, 0.2) is 16.4 Å². The Labute approximate surface area is 197 Å². The van der Waals surface area contributed by atoms with E-state index >= 15 is 0 Å². The van der Waals surface area contributed by atoms with Gasteiger partial charge in [-0.3, -0.25) is 4.79 Å². The molecule has 1 aromatic heterocycles. The molecule has 0 radical (unpaired) electrons. The Bertz CT molecular complexity index is 1300. The van der Waals surface area contributed by atoms with Crippen molar-refractivity contribution in [1.29, 1.82) is 0 Å². The second-order valence-corrected chi connectivity index (χ2v) is 10.9. The van der Waals surface area contributed by atoms with E-state index in [0.29, 0.717) is 5.82 Å². The molecule has 1 heterocycles. The van der Waals surface area contributed by atoms with Gasteiger partial charge in [0.2, 0.25) is 0 Å². The molecule has 33 heavy (non-hydrogen) atoms. The van der Waals surface area contributed by atoms with E-state index in [2.05, 4.69) is 10.4 Å². The molecule has 0 bridgehead atoms. The number of halogens is 1. The number of hydrogen-bond donors (Lipinski definition) is 1. The van der Waals surface area contributed by atoms with Crippen LogP contribution in [0, 0.1) is 0 Å². The monoisotopic (exact) mass is 489 g/mol. The predicted octanol–water partition coefficient (Wildman–Crippen LogP) is 4.02. The number of anilines is 1. The van der Waals surface area contributed by atoms with Crippen LogP contribution in [0.2, 0.25) is 5.02 Å². The SMILES string of the molecule is CC(C)(C)c1cc(NC(=O)COC(=O)c2cc(S(C)(=O)=O)ccc2Cl)n(-c2ccccc2)n1. The smallest absolute Gasteiger partial charge is 0.340 e. The van der Waals surface area contributed by atoms with Crippen LogP contribution in [-0.2, 0) is 24.8 Å². The Morgan fingerprint density at radius 3 is 2.36 bits per heavy atom. The number of hydrogen-bond acceptors (Lipinski definition) is 6. The van der Waals surface area contributed by atoms with Crippen molar-refractivity contribution in [2.24, 2.45) is 0 Å². The molecule has 0 spiro atoms. The summed E-state index contributed by atoms with van der Waals surface area (Å²) in [6, 6.07) is 14.8. The number of ether oxygens (including phenoxy) is 1. The molecule has 0 fully saturated rings. The highest BCUT2D eigenvalue weighted by Crippen LogP contribution is 2.26. The van der Waals surface area contributed by atoms with Gasteiger partial charge in [-0.2, -0.15) is 5.10 Å². The molecule has 10 heteroatoms. The molecule has 0 saturated heterocycles. The lowest BCUT2D eigenvalue weighted by Gasteiger charge is -2.14. The third kappa shape index (κ3) is 6.00. The van der Waals surface area contributed by atoms with E-state index < -0.39 is 28.3 Å². The summed E-state index contributed by atoms with van der Waals surface area (Å²) in [5.74, 6) is -1.08. The summed E-state index contributed by atoms with van der Waals surface area (Å²) in [4.78, 5) is 24.9. The van der Waals surface area contributed by atoms with Crippen molar-refractivity contribution in [2.45, 2.75) is 31.1 Å². The van der Waals surface area contributed by atoms with Crippen molar-refractivity contribution >= 4 is 39.1 Å². The summed E-state index contributed by atoms with van der Waals surface area (Å²) in [6.07, 6.45) is 1.01. The molecule has 8 nitrogen and oxygen atoms in total. The van der Waals surface area contributed by atoms with Crippen molar-refractivity contribution in [3.8, 4) is 5.69 Å². The lowest BCUT2D eigenvalue weighted by atomic mass is 9.92. The van der Waals surface area contributed by atoms with E-state index in [1.165, 1.54) is 12.1 Å². The number of nitrogens with one attached hydrogen (secondary N) is 1. The number of aromatic nitrogens is 2. The van der Waals surface area contributed by atoms with E-state index in [0.717, 1.165) is 23.7 Å². The van der Waals surface area contributed by atoms with E-state index in [-0.39, 0.29) is 20.9 Å². The van der Waals surface area contributed by atoms with Crippen LogP contribution in [0.25, 0.3) is 5.69 Å². The van der Waals surface area contributed by atoms with Crippen LogP contribution in [0.3, 0.4) is 0 Å². The van der Waals surface area contributed by atoms with Crippen LogP contribution in [-0.4, -0.2) is 42.9 Å². The molecule has 0 unspecified atom stereocenters.